The molecule has 0 bridgehead atoms. The Bertz CT molecular complexity index is 727. The first-order valence-electron chi connectivity index (χ1n) is 5.00. The smallest absolute Gasteiger partial charge is 0.288 e. The molecule has 0 saturated carbocycles. The molecule has 3 rings (SSSR count). The molecule has 90 valence electrons. The SMILES string of the molecule is O=S1(=O)N=C(c2ncccn2)Nc2ccncc21. The number of fused-ring (bicyclic) bond motifs is 1. The van der Waals surface area contributed by atoms with E-state index in [0.29, 0.717) is 5.69 Å². The van der Waals surface area contributed by atoms with Gasteiger partial charge in [-0.15, -0.1) is 4.40 Å². The minimum atomic E-state index is -3.76. The molecular formula is C10H7N5O2S. The lowest BCUT2D eigenvalue weighted by atomic mass is 10.4. The maximum absolute atomic E-state index is 11.9. The Morgan fingerprint density at radius 3 is 2.67 bits per heavy atom. The number of hydrogen-bond acceptors (Lipinski definition) is 6. The first-order valence-corrected chi connectivity index (χ1v) is 6.44. The first kappa shape index (κ1) is 10.8. The second-order valence-electron chi connectivity index (χ2n) is 3.48. The fourth-order valence-electron chi connectivity index (χ4n) is 1.53. The highest BCUT2D eigenvalue weighted by molar-refractivity contribution is 7.90. The lowest BCUT2D eigenvalue weighted by Crippen LogP contribution is -2.24. The molecule has 3 heterocycles. The van der Waals surface area contributed by atoms with Gasteiger partial charge in [-0.3, -0.25) is 4.98 Å². The Morgan fingerprint density at radius 1 is 1.11 bits per heavy atom. The fourth-order valence-corrected chi connectivity index (χ4v) is 2.58. The maximum atomic E-state index is 11.9. The van der Waals surface area contributed by atoms with Crippen LogP contribution in [-0.4, -0.2) is 29.2 Å². The van der Waals surface area contributed by atoms with Crippen molar-refractivity contribution in [3.63, 3.8) is 0 Å². The van der Waals surface area contributed by atoms with E-state index in [1.807, 2.05) is 0 Å². The summed E-state index contributed by atoms with van der Waals surface area (Å²) >= 11 is 0. The number of rotatable bonds is 1. The van der Waals surface area contributed by atoms with E-state index in [-0.39, 0.29) is 16.6 Å². The van der Waals surface area contributed by atoms with Gasteiger partial charge in [0.05, 0.1) is 5.69 Å². The van der Waals surface area contributed by atoms with Crippen LogP contribution in [0.25, 0.3) is 0 Å². The summed E-state index contributed by atoms with van der Waals surface area (Å²) in [5.41, 5.74) is 0.419. The third-order valence-corrected chi connectivity index (χ3v) is 3.61. The average Bonchev–Trinajstić information content (AvgIpc) is 2.39. The maximum Gasteiger partial charge on any atom is 0.288 e. The van der Waals surface area contributed by atoms with E-state index in [2.05, 4.69) is 24.7 Å². The monoisotopic (exact) mass is 261 g/mol. The normalized spacial score (nSPS) is 16.3. The molecule has 7 nitrogen and oxygen atoms in total. The van der Waals surface area contributed by atoms with Crippen LogP contribution >= 0.6 is 0 Å². The number of sulfonamides is 1. The van der Waals surface area contributed by atoms with Crippen LogP contribution in [0, 0.1) is 0 Å². The van der Waals surface area contributed by atoms with Crippen molar-refractivity contribution in [1.29, 1.82) is 0 Å². The van der Waals surface area contributed by atoms with Crippen molar-refractivity contribution in [2.45, 2.75) is 4.90 Å². The standard InChI is InChI=1S/C10H7N5O2S/c16-18(17)8-6-11-5-2-7(8)14-10(15-18)9-12-3-1-4-13-9/h1-6H,(H,14,15). The molecule has 0 saturated heterocycles. The Kier molecular flexibility index (Phi) is 2.30. The van der Waals surface area contributed by atoms with Crippen molar-refractivity contribution in [2.75, 3.05) is 5.32 Å². The summed E-state index contributed by atoms with van der Waals surface area (Å²) < 4.78 is 27.5. The lowest BCUT2D eigenvalue weighted by Gasteiger charge is -2.16. The molecule has 1 N–H and O–H groups in total. The van der Waals surface area contributed by atoms with E-state index in [9.17, 15) is 8.42 Å². The third kappa shape index (κ3) is 1.72. The van der Waals surface area contributed by atoms with E-state index < -0.39 is 10.0 Å². The number of pyridine rings is 1. The van der Waals surface area contributed by atoms with Crippen molar-refractivity contribution < 1.29 is 8.42 Å². The van der Waals surface area contributed by atoms with E-state index in [0.717, 1.165) is 0 Å². The second-order valence-corrected chi connectivity index (χ2v) is 5.06. The molecule has 1 aliphatic rings. The van der Waals surface area contributed by atoms with Gasteiger partial charge in [0.15, 0.2) is 11.7 Å². The molecular weight excluding hydrogens is 254 g/mol. The van der Waals surface area contributed by atoms with Gasteiger partial charge in [-0.05, 0) is 12.1 Å². The molecule has 0 unspecified atom stereocenters. The van der Waals surface area contributed by atoms with Crippen LogP contribution in [-0.2, 0) is 10.0 Å². The van der Waals surface area contributed by atoms with Gasteiger partial charge in [0.25, 0.3) is 10.0 Å². The molecule has 0 aromatic carbocycles. The molecule has 0 atom stereocenters. The number of aromatic nitrogens is 3. The number of amidine groups is 1. The number of nitrogens with zero attached hydrogens (tertiary/aromatic N) is 4. The summed E-state index contributed by atoms with van der Waals surface area (Å²) in [5, 5.41) is 2.87. The van der Waals surface area contributed by atoms with Crippen LogP contribution in [0.2, 0.25) is 0 Å². The average molecular weight is 261 g/mol. The number of hydrogen-bond donors (Lipinski definition) is 1. The summed E-state index contributed by atoms with van der Waals surface area (Å²) in [6.07, 6.45) is 5.78. The first-order chi connectivity index (χ1) is 8.67. The van der Waals surface area contributed by atoms with Gasteiger partial charge < -0.3 is 5.32 Å². The molecule has 0 spiro atoms. The van der Waals surface area contributed by atoms with Crippen LogP contribution in [0.1, 0.15) is 5.82 Å². The van der Waals surface area contributed by atoms with E-state index in [1.54, 1.807) is 12.1 Å². The van der Waals surface area contributed by atoms with Gasteiger partial charge in [0, 0.05) is 24.8 Å². The van der Waals surface area contributed by atoms with Crippen molar-refractivity contribution in [3.8, 4) is 0 Å². The predicted octanol–water partition coefficient (Wildman–Crippen LogP) is 0.433. The molecule has 2 aromatic heterocycles. The number of nitrogens with one attached hydrogen (secondary N) is 1. The van der Waals surface area contributed by atoms with E-state index in [4.69, 9.17) is 0 Å². The van der Waals surface area contributed by atoms with Crippen LogP contribution < -0.4 is 5.32 Å². The third-order valence-electron chi connectivity index (χ3n) is 2.30. The molecule has 8 heteroatoms. The Morgan fingerprint density at radius 2 is 1.89 bits per heavy atom. The highest BCUT2D eigenvalue weighted by Crippen LogP contribution is 2.26. The van der Waals surface area contributed by atoms with Gasteiger partial charge in [0.2, 0.25) is 0 Å². The fraction of sp³-hybridized carbons (Fsp3) is 0. The van der Waals surface area contributed by atoms with Gasteiger partial charge in [-0.2, -0.15) is 8.42 Å². The molecule has 1 aliphatic heterocycles. The summed E-state index contributed by atoms with van der Waals surface area (Å²) in [6, 6.07) is 3.20. The zero-order valence-electron chi connectivity index (χ0n) is 8.98. The molecule has 0 radical (unpaired) electrons. The van der Waals surface area contributed by atoms with Crippen LogP contribution in [0.3, 0.4) is 0 Å². The van der Waals surface area contributed by atoms with E-state index >= 15 is 0 Å². The summed E-state index contributed by atoms with van der Waals surface area (Å²) in [6.45, 7) is 0. The van der Waals surface area contributed by atoms with Gasteiger partial charge in [-0.25, -0.2) is 9.97 Å². The van der Waals surface area contributed by atoms with Crippen molar-refractivity contribution in [1.82, 2.24) is 15.0 Å². The lowest BCUT2D eigenvalue weighted by molar-refractivity contribution is 0.597. The van der Waals surface area contributed by atoms with Gasteiger partial charge >= 0.3 is 0 Å². The van der Waals surface area contributed by atoms with Crippen LogP contribution in [0.4, 0.5) is 5.69 Å². The zero-order valence-corrected chi connectivity index (χ0v) is 9.79. The highest BCUT2D eigenvalue weighted by atomic mass is 32.2. The summed E-state index contributed by atoms with van der Waals surface area (Å²) in [5.74, 6) is 0.331. The molecule has 2 aromatic rings. The quantitative estimate of drug-likeness (QED) is 0.799. The van der Waals surface area contributed by atoms with Crippen molar-refractivity contribution in [3.05, 3.63) is 42.7 Å². The topological polar surface area (TPSA) is 97.2 Å². The van der Waals surface area contributed by atoms with Crippen molar-refractivity contribution >= 4 is 21.5 Å². The zero-order chi connectivity index (χ0) is 12.6. The minimum Gasteiger partial charge on any atom is -0.335 e. The number of anilines is 1. The van der Waals surface area contributed by atoms with Gasteiger partial charge in [-0.1, -0.05) is 0 Å². The van der Waals surface area contributed by atoms with Crippen LogP contribution in [0.5, 0.6) is 0 Å². The predicted molar refractivity (Wildman–Crippen MR) is 63.6 cm³/mol. The Hall–Kier alpha value is -2.35. The molecule has 18 heavy (non-hydrogen) atoms. The Labute approximate surface area is 103 Å². The summed E-state index contributed by atoms with van der Waals surface area (Å²) in [4.78, 5) is 11.7. The minimum absolute atomic E-state index is 0.0460. The largest absolute Gasteiger partial charge is 0.335 e. The molecule has 0 fully saturated rings. The van der Waals surface area contributed by atoms with Crippen LogP contribution in [0.15, 0.2) is 46.2 Å². The highest BCUT2D eigenvalue weighted by Gasteiger charge is 2.26. The van der Waals surface area contributed by atoms with Gasteiger partial charge in [0.1, 0.15) is 4.90 Å². The Balaban J connectivity index is 2.16. The molecule has 0 aliphatic carbocycles. The second kappa shape index (κ2) is 3.84. The van der Waals surface area contributed by atoms with E-state index in [1.165, 1.54) is 24.8 Å². The summed E-state index contributed by atoms with van der Waals surface area (Å²) in [7, 11) is -3.76. The molecule has 0 amide bonds. The van der Waals surface area contributed by atoms with Crippen molar-refractivity contribution in [2.24, 2.45) is 4.40 Å².